The van der Waals surface area contributed by atoms with Crippen LogP contribution >= 0.6 is 11.3 Å². The molecule has 0 unspecified atom stereocenters. The molecular formula is C25H24N4O5S. The third kappa shape index (κ3) is 5.84. The number of amides is 1. The second-order valence-corrected chi connectivity index (χ2v) is 9.11. The Bertz CT molecular complexity index is 1300. The zero-order valence-corrected chi connectivity index (χ0v) is 20.1. The highest BCUT2D eigenvalue weighted by molar-refractivity contribution is 7.13. The van der Waals surface area contributed by atoms with E-state index < -0.39 is 0 Å². The van der Waals surface area contributed by atoms with Crippen molar-refractivity contribution in [3.8, 4) is 28.7 Å². The lowest BCUT2D eigenvalue weighted by atomic mass is 10.1. The molecule has 9 nitrogen and oxygen atoms in total. The van der Waals surface area contributed by atoms with Crippen LogP contribution in [0.25, 0.3) is 11.5 Å². The fourth-order valence-corrected chi connectivity index (χ4v) is 3.98. The van der Waals surface area contributed by atoms with Crippen molar-refractivity contribution < 1.29 is 23.4 Å². The largest absolute Gasteiger partial charge is 0.488 e. The van der Waals surface area contributed by atoms with Crippen LogP contribution in [-0.4, -0.2) is 40.9 Å². The van der Waals surface area contributed by atoms with Crippen LogP contribution in [0, 0.1) is 0 Å². The van der Waals surface area contributed by atoms with Crippen LogP contribution in [0.15, 0.2) is 58.5 Å². The number of ether oxygens (including phenoxy) is 3. The normalized spacial score (nSPS) is 13.9. The van der Waals surface area contributed by atoms with E-state index in [9.17, 15) is 4.79 Å². The van der Waals surface area contributed by atoms with E-state index in [1.807, 2.05) is 31.2 Å². The monoisotopic (exact) mass is 492 g/mol. The standard InChI is InChI=1S/C25H24N4O5S/c1-15(14-31-2)32-20-11-18(22(30)27-25-26-8-9-35-25)12-21(13-20)33-19-5-3-4-17(10-19)24-29-28-23(34-24)16-6-7-16/h3-5,8-13,15-16H,6-7,14H2,1-2H3,(H,26,27,30)/t15-/m1/s1. The Morgan fingerprint density at radius 3 is 2.80 bits per heavy atom. The first-order valence-corrected chi connectivity index (χ1v) is 12.1. The number of methoxy groups -OCH3 is 1. The van der Waals surface area contributed by atoms with E-state index in [0.29, 0.717) is 52.2 Å². The van der Waals surface area contributed by atoms with Gasteiger partial charge in [-0.2, -0.15) is 0 Å². The number of aromatic nitrogens is 3. The lowest BCUT2D eigenvalue weighted by Gasteiger charge is -2.16. The third-order valence-corrected chi connectivity index (χ3v) is 5.91. The number of hydrogen-bond donors (Lipinski definition) is 1. The van der Waals surface area contributed by atoms with Crippen LogP contribution in [0.5, 0.6) is 17.2 Å². The van der Waals surface area contributed by atoms with E-state index in [1.54, 1.807) is 36.9 Å². The second kappa shape index (κ2) is 10.2. The first-order chi connectivity index (χ1) is 17.1. The molecule has 180 valence electrons. The fourth-order valence-electron chi connectivity index (χ4n) is 3.46. The molecule has 0 bridgehead atoms. The zero-order chi connectivity index (χ0) is 24.2. The molecule has 0 spiro atoms. The minimum Gasteiger partial charge on any atom is -0.488 e. The van der Waals surface area contributed by atoms with Crippen LogP contribution in [0.2, 0.25) is 0 Å². The van der Waals surface area contributed by atoms with E-state index in [4.69, 9.17) is 18.6 Å². The molecule has 2 heterocycles. The Balaban J connectivity index is 1.39. The lowest BCUT2D eigenvalue weighted by molar-refractivity contribution is 0.0916. The van der Waals surface area contributed by atoms with Crippen LogP contribution in [0.1, 0.15) is 41.9 Å². The van der Waals surface area contributed by atoms with Crippen LogP contribution in [0.4, 0.5) is 5.13 Å². The van der Waals surface area contributed by atoms with Gasteiger partial charge in [-0.05, 0) is 50.1 Å². The van der Waals surface area contributed by atoms with Gasteiger partial charge in [0.05, 0.1) is 6.61 Å². The Labute approximate surface area is 206 Å². The molecule has 1 saturated carbocycles. The van der Waals surface area contributed by atoms with Gasteiger partial charge in [-0.15, -0.1) is 21.5 Å². The molecule has 1 aliphatic carbocycles. The maximum atomic E-state index is 12.9. The van der Waals surface area contributed by atoms with Crippen molar-refractivity contribution in [2.24, 2.45) is 0 Å². The molecule has 0 saturated heterocycles. The summed E-state index contributed by atoms with van der Waals surface area (Å²) in [6.07, 6.45) is 3.59. The lowest BCUT2D eigenvalue weighted by Crippen LogP contribution is -2.18. The van der Waals surface area contributed by atoms with Crippen molar-refractivity contribution in [2.45, 2.75) is 31.8 Å². The van der Waals surface area contributed by atoms with Gasteiger partial charge >= 0.3 is 0 Å². The van der Waals surface area contributed by atoms with Crippen LogP contribution < -0.4 is 14.8 Å². The van der Waals surface area contributed by atoms with Gasteiger partial charge in [0.25, 0.3) is 5.91 Å². The molecule has 1 aliphatic rings. The molecule has 2 aromatic heterocycles. The molecule has 2 aromatic carbocycles. The van der Waals surface area contributed by atoms with Gasteiger partial charge in [-0.3, -0.25) is 10.1 Å². The molecule has 1 fully saturated rings. The highest BCUT2D eigenvalue weighted by Crippen LogP contribution is 2.40. The summed E-state index contributed by atoms with van der Waals surface area (Å²) in [4.78, 5) is 17.0. The number of nitrogens with one attached hydrogen (secondary N) is 1. The summed E-state index contributed by atoms with van der Waals surface area (Å²) in [7, 11) is 1.61. The van der Waals surface area contributed by atoms with Crippen molar-refractivity contribution in [1.82, 2.24) is 15.2 Å². The van der Waals surface area contributed by atoms with E-state index in [-0.39, 0.29) is 12.0 Å². The van der Waals surface area contributed by atoms with Gasteiger partial charge in [-0.25, -0.2) is 4.98 Å². The molecule has 35 heavy (non-hydrogen) atoms. The molecule has 5 rings (SSSR count). The van der Waals surface area contributed by atoms with Gasteiger partial charge in [0.1, 0.15) is 23.4 Å². The minimum absolute atomic E-state index is 0.216. The zero-order valence-electron chi connectivity index (χ0n) is 19.3. The van der Waals surface area contributed by atoms with Crippen molar-refractivity contribution in [3.63, 3.8) is 0 Å². The summed E-state index contributed by atoms with van der Waals surface area (Å²) in [5.41, 5.74) is 1.13. The summed E-state index contributed by atoms with van der Waals surface area (Å²) >= 11 is 1.34. The van der Waals surface area contributed by atoms with Gasteiger partial charge in [0.15, 0.2) is 5.13 Å². The van der Waals surface area contributed by atoms with E-state index >= 15 is 0 Å². The molecule has 0 aliphatic heterocycles. The van der Waals surface area contributed by atoms with Crippen molar-refractivity contribution in [2.75, 3.05) is 19.0 Å². The average molecular weight is 493 g/mol. The highest BCUT2D eigenvalue weighted by Gasteiger charge is 2.29. The molecule has 1 N–H and O–H groups in total. The number of nitrogens with zero attached hydrogens (tertiary/aromatic N) is 3. The van der Waals surface area contributed by atoms with Gasteiger partial charge < -0.3 is 18.6 Å². The number of thiazole rings is 1. The van der Waals surface area contributed by atoms with Crippen molar-refractivity contribution >= 4 is 22.4 Å². The quantitative estimate of drug-likeness (QED) is 0.308. The maximum Gasteiger partial charge on any atom is 0.257 e. The summed E-state index contributed by atoms with van der Waals surface area (Å²) in [5, 5.41) is 13.4. The minimum atomic E-state index is -0.318. The number of anilines is 1. The number of hydrogen-bond acceptors (Lipinski definition) is 9. The van der Waals surface area contributed by atoms with Crippen molar-refractivity contribution in [3.05, 3.63) is 65.5 Å². The molecular weight excluding hydrogens is 468 g/mol. The molecule has 4 aromatic rings. The maximum absolute atomic E-state index is 12.9. The molecule has 1 atom stereocenters. The predicted octanol–water partition coefficient (Wildman–Crippen LogP) is 5.53. The van der Waals surface area contributed by atoms with Gasteiger partial charge in [0.2, 0.25) is 11.8 Å². The smallest absolute Gasteiger partial charge is 0.257 e. The first-order valence-electron chi connectivity index (χ1n) is 11.2. The Kier molecular flexibility index (Phi) is 6.73. The fraction of sp³-hybridized carbons (Fsp3) is 0.280. The van der Waals surface area contributed by atoms with E-state index in [1.165, 1.54) is 11.3 Å². The van der Waals surface area contributed by atoms with Crippen LogP contribution in [0.3, 0.4) is 0 Å². The van der Waals surface area contributed by atoms with E-state index in [0.717, 1.165) is 18.4 Å². The second-order valence-electron chi connectivity index (χ2n) is 8.22. The van der Waals surface area contributed by atoms with Gasteiger partial charge in [-0.1, -0.05) is 6.07 Å². The Hall–Kier alpha value is -3.76. The summed E-state index contributed by atoms with van der Waals surface area (Å²) < 4.78 is 23.1. The highest BCUT2D eigenvalue weighted by atomic mass is 32.1. The first kappa shape index (κ1) is 23.0. The number of carbonyl (C=O) groups is 1. The molecule has 1 amide bonds. The molecule has 10 heteroatoms. The third-order valence-electron chi connectivity index (χ3n) is 5.22. The number of benzene rings is 2. The number of carbonyl (C=O) groups excluding carboxylic acids is 1. The Morgan fingerprint density at radius 2 is 2.03 bits per heavy atom. The number of rotatable bonds is 10. The van der Waals surface area contributed by atoms with Gasteiger partial charge in [0, 0.05) is 41.8 Å². The molecule has 0 radical (unpaired) electrons. The van der Waals surface area contributed by atoms with Crippen LogP contribution in [-0.2, 0) is 4.74 Å². The summed E-state index contributed by atoms with van der Waals surface area (Å²) in [6.45, 7) is 2.29. The average Bonchev–Trinajstić information content (AvgIpc) is 3.34. The topological polar surface area (TPSA) is 109 Å². The summed E-state index contributed by atoms with van der Waals surface area (Å²) in [6, 6.07) is 12.4. The summed E-state index contributed by atoms with van der Waals surface area (Å²) in [5.74, 6) is 2.68. The SMILES string of the molecule is COC[C@@H](C)Oc1cc(Oc2cccc(-c3nnc(C4CC4)o3)c2)cc(C(=O)Nc2nccs2)c1. The predicted molar refractivity (Wildman–Crippen MR) is 130 cm³/mol. The Morgan fingerprint density at radius 1 is 1.17 bits per heavy atom. The van der Waals surface area contributed by atoms with Crippen molar-refractivity contribution in [1.29, 1.82) is 0 Å². The van der Waals surface area contributed by atoms with E-state index in [2.05, 4.69) is 20.5 Å².